The molecule has 0 saturated carbocycles. The molecular weight excluding hydrogens is 408 g/mol. The van der Waals surface area contributed by atoms with E-state index in [-0.39, 0.29) is 0 Å². The topological polar surface area (TPSA) is 81.5 Å². The summed E-state index contributed by atoms with van der Waals surface area (Å²) in [6.45, 7) is 2.09. The van der Waals surface area contributed by atoms with Crippen LogP contribution < -0.4 is 5.73 Å². The third kappa shape index (κ3) is 3.19. The molecule has 0 fully saturated rings. The second-order valence-electron chi connectivity index (χ2n) is 8.16. The molecule has 2 N–H and O–H groups in total. The van der Waals surface area contributed by atoms with Crippen molar-refractivity contribution in [2.45, 2.75) is 19.8 Å². The van der Waals surface area contributed by atoms with Crippen molar-refractivity contribution in [2.24, 2.45) is 4.99 Å². The lowest BCUT2D eigenvalue weighted by Crippen LogP contribution is -2.14. The van der Waals surface area contributed by atoms with Crippen LogP contribution in [0.4, 0.5) is 11.5 Å². The quantitative estimate of drug-likeness (QED) is 0.421. The van der Waals surface area contributed by atoms with Crippen molar-refractivity contribution in [1.29, 1.82) is 0 Å². The van der Waals surface area contributed by atoms with E-state index in [2.05, 4.69) is 59.6 Å². The highest BCUT2D eigenvalue weighted by atomic mass is 15.3. The molecule has 3 aromatic carbocycles. The van der Waals surface area contributed by atoms with Gasteiger partial charge in [0.15, 0.2) is 11.5 Å². The maximum Gasteiger partial charge on any atom is 0.187 e. The zero-order valence-corrected chi connectivity index (χ0v) is 18.2. The summed E-state index contributed by atoms with van der Waals surface area (Å²) in [5.74, 6) is 0.465. The number of aryl methyl sites for hydroxylation is 1. The lowest BCUT2D eigenvalue weighted by molar-refractivity contribution is 0.864. The van der Waals surface area contributed by atoms with E-state index in [0.717, 1.165) is 40.2 Å². The van der Waals surface area contributed by atoms with Gasteiger partial charge in [-0.05, 0) is 40.8 Å². The van der Waals surface area contributed by atoms with Crippen LogP contribution >= 0.6 is 0 Å². The number of para-hydroxylation sites is 1. The zero-order valence-electron chi connectivity index (χ0n) is 18.2. The van der Waals surface area contributed by atoms with Gasteiger partial charge in [0, 0.05) is 6.42 Å². The molecule has 0 unspecified atom stereocenters. The number of anilines is 1. The summed E-state index contributed by atoms with van der Waals surface area (Å²) >= 11 is 0. The van der Waals surface area contributed by atoms with Crippen molar-refractivity contribution >= 4 is 22.9 Å². The van der Waals surface area contributed by atoms with Gasteiger partial charge in [-0.3, -0.25) is 4.99 Å². The summed E-state index contributed by atoms with van der Waals surface area (Å²) in [6.07, 6.45) is 1.45. The molecule has 33 heavy (non-hydrogen) atoms. The number of benzene rings is 3. The Morgan fingerprint density at radius 2 is 1.61 bits per heavy atom. The molecule has 0 spiro atoms. The van der Waals surface area contributed by atoms with E-state index < -0.39 is 0 Å². The monoisotopic (exact) mass is 430 g/mol. The van der Waals surface area contributed by atoms with Crippen LogP contribution in [0, 0.1) is 0 Å². The van der Waals surface area contributed by atoms with E-state index in [9.17, 15) is 0 Å². The summed E-state index contributed by atoms with van der Waals surface area (Å²) in [5.41, 5.74) is 16.1. The van der Waals surface area contributed by atoms with Gasteiger partial charge in [0.1, 0.15) is 5.69 Å². The Hall–Kier alpha value is -4.32. The Kier molecular flexibility index (Phi) is 4.50. The molecule has 0 atom stereocenters. The van der Waals surface area contributed by atoms with Crippen LogP contribution in [-0.2, 0) is 12.8 Å². The van der Waals surface area contributed by atoms with Crippen LogP contribution in [0.5, 0.6) is 0 Å². The predicted octanol–water partition coefficient (Wildman–Crippen LogP) is 5.28. The van der Waals surface area contributed by atoms with Crippen LogP contribution in [0.2, 0.25) is 0 Å². The summed E-state index contributed by atoms with van der Waals surface area (Å²) in [7, 11) is 0. The number of nitrogen functional groups attached to an aromatic ring is 1. The highest BCUT2D eigenvalue weighted by Gasteiger charge is 2.24. The van der Waals surface area contributed by atoms with Crippen molar-refractivity contribution in [3.8, 4) is 22.3 Å². The van der Waals surface area contributed by atoms with E-state index in [1.54, 1.807) is 4.52 Å². The van der Waals surface area contributed by atoms with Crippen LogP contribution in [0.3, 0.4) is 0 Å². The maximum absolute atomic E-state index is 6.59. The molecule has 1 aliphatic heterocycles. The highest BCUT2D eigenvalue weighted by molar-refractivity contribution is 6.08. The first-order valence-electron chi connectivity index (χ1n) is 11.1. The van der Waals surface area contributed by atoms with E-state index in [1.165, 1.54) is 11.1 Å². The van der Waals surface area contributed by atoms with E-state index in [0.29, 0.717) is 23.6 Å². The number of hydrogen-bond donors (Lipinski definition) is 1. The molecule has 6 rings (SSSR count). The summed E-state index contributed by atoms with van der Waals surface area (Å²) in [4.78, 5) is 4.74. The second kappa shape index (κ2) is 7.67. The smallest absolute Gasteiger partial charge is 0.187 e. The molecule has 160 valence electrons. The third-order valence-electron chi connectivity index (χ3n) is 6.12. The van der Waals surface area contributed by atoms with Crippen molar-refractivity contribution in [1.82, 2.24) is 19.8 Å². The zero-order chi connectivity index (χ0) is 22.4. The van der Waals surface area contributed by atoms with E-state index >= 15 is 0 Å². The maximum atomic E-state index is 6.59. The van der Waals surface area contributed by atoms with Gasteiger partial charge < -0.3 is 5.73 Å². The van der Waals surface area contributed by atoms with Gasteiger partial charge in [-0.25, -0.2) is 0 Å². The molecule has 0 aliphatic carbocycles. The van der Waals surface area contributed by atoms with Gasteiger partial charge in [-0.15, -0.1) is 10.2 Å². The number of hydrogen-bond acceptors (Lipinski definition) is 5. The number of nitrogens with two attached hydrogens (primary N) is 1. The average molecular weight is 431 g/mol. The van der Waals surface area contributed by atoms with Crippen LogP contribution in [0.25, 0.3) is 27.9 Å². The van der Waals surface area contributed by atoms with Gasteiger partial charge in [0.25, 0.3) is 0 Å². The van der Waals surface area contributed by atoms with Crippen molar-refractivity contribution in [3.05, 3.63) is 95.8 Å². The number of nitrogens with zero attached hydrogens (tertiary/aromatic N) is 5. The highest BCUT2D eigenvalue weighted by Crippen LogP contribution is 2.34. The first-order valence-corrected chi connectivity index (χ1v) is 11.1. The SMILES string of the molecule is CCc1nn2c(N)c(C3=Nc4ccccc4C3)nnc2c1-c1cccc(-c2ccccc2)c1. The lowest BCUT2D eigenvalue weighted by Gasteiger charge is -2.07. The van der Waals surface area contributed by atoms with E-state index in [4.69, 9.17) is 15.8 Å². The van der Waals surface area contributed by atoms with Crippen LogP contribution in [-0.4, -0.2) is 25.5 Å². The fraction of sp³-hybridized carbons (Fsp3) is 0.111. The second-order valence-corrected chi connectivity index (χ2v) is 8.16. The number of rotatable bonds is 4. The van der Waals surface area contributed by atoms with Gasteiger partial charge in [0.2, 0.25) is 0 Å². The van der Waals surface area contributed by atoms with Crippen LogP contribution in [0.15, 0.2) is 83.9 Å². The average Bonchev–Trinajstić information content (AvgIpc) is 3.47. The molecule has 6 heteroatoms. The van der Waals surface area contributed by atoms with Crippen molar-refractivity contribution < 1.29 is 0 Å². The predicted molar refractivity (Wildman–Crippen MR) is 132 cm³/mol. The number of aromatic nitrogens is 4. The molecule has 3 heterocycles. The van der Waals surface area contributed by atoms with Gasteiger partial charge in [0.05, 0.1) is 22.7 Å². The van der Waals surface area contributed by atoms with E-state index in [1.807, 2.05) is 36.4 Å². The molecule has 2 aromatic heterocycles. The van der Waals surface area contributed by atoms with Gasteiger partial charge >= 0.3 is 0 Å². The molecule has 1 aliphatic rings. The molecule has 0 radical (unpaired) electrons. The Labute approximate surface area is 191 Å². The lowest BCUT2D eigenvalue weighted by atomic mass is 9.98. The minimum atomic E-state index is 0.465. The van der Waals surface area contributed by atoms with Crippen molar-refractivity contribution in [3.63, 3.8) is 0 Å². The molecule has 0 saturated heterocycles. The molecule has 5 aromatic rings. The molecular formula is C27H22N6. The molecule has 6 nitrogen and oxygen atoms in total. The summed E-state index contributed by atoms with van der Waals surface area (Å²) < 4.78 is 1.72. The van der Waals surface area contributed by atoms with Gasteiger partial charge in [-0.2, -0.15) is 9.61 Å². The number of fused-ring (bicyclic) bond motifs is 2. The minimum absolute atomic E-state index is 0.465. The molecule has 0 amide bonds. The number of aliphatic imine (C=N–C) groups is 1. The standard InChI is InChI=1S/C27H22N6/c1-2-21-24(20-13-8-12-18(15-20)17-9-4-3-5-10-17)27-31-30-25(26(28)33(27)32-21)23-16-19-11-6-7-14-22(19)29-23/h3-15H,2,16,28H2,1H3. The Morgan fingerprint density at radius 3 is 2.42 bits per heavy atom. The first kappa shape index (κ1) is 19.4. The fourth-order valence-electron chi connectivity index (χ4n) is 4.47. The normalized spacial score (nSPS) is 12.7. The third-order valence-corrected chi connectivity index (χ3v) is 6.12. The Bertz CT molecular complexity index is 1530. The first-order chi connectivity index (χ1) is 16.2. The summed E-state index contributed by atoms with van der Waals surface area (Å²) in [6, 6.07) is 26.9. The molecule has 0 bridgehead atoms. The fourth-order valence-corrected chi connectivity index (χ4v) is 4.47. The van der Waals surface area contributed by atoms with Crippen molar-refractivity contribution in [2.75, 3.05) is 5.73 Å². The van der Waals surface area contributed by atoms with Gasteiger partial charge in [-0.1, -0.05) is 73.7 Å². The van der Waals surface area contributed by atoms with Crippen LogP contribution in [0.1, 0.15) is 23.9 Å². The summed E-state index contributed by atoms with van der Waals surface area (Å²) in [5, 5.41) is 13.9. The Morgan fingerprint density at radius 1 is 0.848 bits per heavy atom. The largest absolute Gasteiger partial charge is 0.382 e. The Balaban J connectivity index is 1.48. The minimum Gasteiger partial charge on any atom is -0.382 e.